The molecule has 4 rings (SSSR count). The van der Waals surface area contributed by atoms with Crippen molar-refractivity contribution in [3.8, 4) is 0 Å². The Hall–Kier alpha value is -2.46. The highest BCUT2D eigenvalue weighted by Gasteiger charge is 2.47. The minimum atomic E-state index is -0.613. The second-order valence-corrected chi connectivity index (χ2v) is 12.5. The third-order valence-electron chi connectivity index (χ3n) is 8.46. The van der Waals surface area contributed by atoms with E-state index in [2.05, 4.69) is 20.5 Å². The van der Waals surface area contributed by atoms with Crippen molar-refractivity contribution in [3.05, 3.63) is 34.4 Å². The Morgan fingerprint density at radius 1 is 1.13 bits per heavy atom. The van der Waals surface area contributed by atoms with Crippen LogP contribution in [0, 0.1) is 25.7 Å². The van der Waals surface area contributed by atoms with Crippen LogP contribution in [0.3, 0.4) is 0 Å². The highest BCUT2D eigenvalue weighted by atomic mass is 32.2. The van der Waals surface area contributed by atoms with Gasteiger partial charge in [0.1, 0.15) is 11.4 Å². The molecule has 39 heavy (non-hydrogen) atoms. The SMILES string of the molecule is CC(=O)NNC(=O)c1cc(C)c(CCSN2CCC3(CC2)N=C(C2CCC(CCCF)CC2)NC3=O)c(C)c1. The summed E-state index contributed by atoms with van der Waals surface area (Å²) in [7, 11) is 0. The molecule has 1 saturated carbocycles. The van der Waals surface area contributed by atoms with Crippen molar-refractivity contribution in [2.45, 2.75) is 84.1 Å². The van der Waals surface area contributed by atoms with Crippen LogP contribution in [0.5, 0.6) is 0 Å². The molecule has 1 aromatic carbocycles. The molecule has 0 atom stereocenters. The van der Waals surface area contributed by atoms with E-state index in [1.165, 1.54) is 12.5 Å². The summed E-state index contributed by atoms with van der Waals surface area (Å²) >= 11 is 1.81. The molecule has 8 nitrogen and oxygen atoms in total. The van der Waals surface area contributed by atoms with E-state index >= 15 is 0 Å². The summed E-state index contributed by atoms with van der Waals surface area (Å²) in [5.74, 6) is 2.17. The Kier molecular flexibility index (Phi) is 10.0. The summed E-state index contributed by atoms with van der Waals surface area (Å²) in [6, 6.07) is 3.72. The van der Waals surface area contributed by atoms with Gasteiger partial charge < -0.3 is 5.32 Å². The first-order valence-electron chi connectivity index (χ1n) is 14.2. The topological polar surface area (TPSA) is 103 Å². The minimum Gasteiger partial charge on any atom is -0.312 e. The number of amides is 3. The Morgan fingerprint density at radius 3 is 2.41 bits per heavy atom. The summed E-state index contributed by atoms with van der Waals surface area (Å²) in [4.78, 5) is 41.3. The van der Waals surface area contributed by atoms with Crippen LogP contribution in [0.1, 0.15) is 85.3 Å². The van der Waals surface area contributed by atoms with Gasteiger partial charge >= 0.3 is 0 Å². The number of nitrogens with zero attached hydrogens (tertiary/aromatic N) is 2. The van der Waals surface area contributed by atoms with Crippen molar-refractivity contribution in [1.82, 2.24) is 20.5 Å². The Labute approximate surface area is 235 Å². The van der Waals surface area contributed by atoms with Gasteiger partial charge in [-0.15, -0.1) is 0 Å². The van der Waals surface area contributed by atoms with Crippen LogP contribution in [0.2, 0.25) is 0 Å². The van der Waals surface area contributed by atoms with Gasteiger partial charge in [-0.2, -0.15) is 0 Å². The number of amidine groups is 1. The summed E-state index contributed by atoms with van der Waals surface area (Å²) < 4.78 is 14.9. The summed E-state index contributed by atoms with van der Waals surface area (Å²) in [6.07, 6.45) is 8.26. The van der Waals surface area contributed by atoms with Gasteiger partial charge in [-0.05, 0) is 106 Å². The average molecular weight is 560 g/mol. The van der Waals surface area contributed by atoms with E-state index in [1.54, 1.807) is 0 Å². The molecule has 1 saturated heterocycles. The van der Waals surface area contributed by atoms with Crippen LogP contribution in [0.4, 0.5) is 4.39 Å². The smallest absolute Gasteiger partial charge is 0.269 e. The largest absolute Gasteiger partial charge is 0.312 e. The summed E-state index contributed by atoms with van der Waals surface area (Å²) in [5, 5.41) is 3.14. The van der Waals surface area contributed by atoms with E-state index in [9.17, 15) is 18.8 Å². The van der Waals surface area contributed by atoms with Crippen molar-refractivity contribution in [2.24, 2.45) is 16.8 Å². The van der Waals surface area contributed by atoms with Gasteiger partial charge in [0.25, 0.3) is 11.8 Å². The molecule has 1 aromatic rings. The molecular weight excluding hydrogens is 517 g/mol. The molecule has 0 bridgehead atoms. The van der Waals surface area contributed by atoms with E-state index < -0.39 is 5.54 Å². The number of carbonyl (C=O) groups is 3. The molecule has 10 heteroatoms. The maximum atomic E-state index is 13.0. The van der Waals surface area contributed by atoms with Crippen LogP contribution in [0.15, 0.2) is 17.1 Å². The molecule has 3 aliphatic rings. The number of rotatable bonds is 9. The van der Waals surface area contributed by atoms with E-state index in [0.29, 0.717) is 23.8 Å². The molecule has 2 aliphatic heterocycles. The number of alkyl halides is 1. The summed E-state index contributed by atoms with van der Waals surface area (Å²) in [5.41, 5.74) is 8.00. The van der Waals surface area contributed by atoms with Crippen LogP contribution in [-0.2, 0) is 16.0 Å². The predicted molar refractivity (Wildman–Crippen MR) is 153 cm³/mol. The number of carbonyl (C=O) groups excluding carboxylic acids is 3. The van der Waals surface area contributed by atoms with Crippen molar-refractivity contribution < 1.29 is 18.8 Å². The monoisotopic (exact) mass is 559 g/mol. The molecule has 0 aromatic heterocycles. The lowest BCUT2D eigenvalue weighted by Crippen LogP contribution is -2.47. The quantitative estimate of drug-likeness (QED) is 0.311. The van der Waals surface area contributed by atoms with Crippen LogP contribution >= 0.6 is 11.9 Å². The van der Waals surface area contributed by atoms with Crippen molar-refractivity contribution in [3.63, 3.8) is 0 Å². The number of hydrogen-bond acceptors (Lipinski definition) is 6. The second-order valence-electron chi connectivity index (χ2n) is 11.3. The normalized spacial score (nSPS) is 22.9. The second kappa shape index (κ2) is 13.3. The maximum absolute atomic E-state index is 13.0. The van der Waals surface area contributed by atoms with Crippen LogP contribution < -0.4 is 16.2 Å². The zero-order chi connectivity index (χ0) is 28.0. The highest BCUT2D eigenvalue weighted by molar-refractivity contribution is 7.97. The highest BCUT2D eigenvalue weighted by Crippen LogP contribution is 2.37. The van der Waals surface area contributed by atoms with Gasteiger partial charge in [-0.25, -0.2) is 0 Å². The molecule has 0 radical (unpaired) electrons. The lowest BCUT2D eigenvalue weighted by molar-refractivity contribution is -0.125. The average Bonchev–Trinajstić information content (AvgIpc) is 3.24. The first-order chi connectivity index (χ1) is 18.7. The molecule has 2 heterocycles. The maximum Gasteiger partial charge on any atom is 0.269 e. The molecule has 3 N–H and O–H groups in total. The fraction of sp³-hybridized carbons (Fsp3) is 0.655. The van der Waals surface area contributed by atoms with Crippen molar-refractivity contribution in [1.29, 1.82) is 0 Å². The number of hydrogen-bond donors (Lipinski definition) is 3. The number of aryl methyl sites for hydroxylation is 2. The molecule has 1 aliphatic carbocycles. The predicted octanol–water partition coefficient (Wildman–Crippen LogP) is 4.19. The number of nitrogens with one attached hydrogen (secondary N) is 3. The number of piperidine rings is 1. The van der Waals surface area contributed by atoms with E-state index in [1.807, 2.05) is 37.9 Å². The number of halogens is 1. The number of hydrazine groups is 1. The molecule has 3 amide bonds. The lowest BCUT2D eigenvalue weighted by atomic mass is 9.79. The molecular formula is C29H42FN5O3S. The van der Waals surface area contributed by atoms with E-state index in [4.69, 9.17) is 4.99 Å². The first kappa shape index (κ1) is 29.5. The van der Waals surface area contributed by atoms with Gasteiger partial charge in [-0.3, -0.25) is 38.9 Å². The van der Waals surface area contributed by atoms with Crippen LogP contribution in [0.25, 0.3) is 0 Å². The third-order valence-corrected chi connectivity index (χ3v) is 9.58. The van der Waals surface area contributed by atoms with Gasteiger partial charge in [0.2, 0.25) is 5.91 Å². The van der Waals surface area contributed by atoms with Gasteiger partial charge in [0.15, 0.2) is 0 Å². The van der Waals surface area contributed by atoms with E-state index in [0.717, 1.165) is 87.2 Å². The lowest BCUT2D eigenvalue weighted by Gasteiger charge is -2.34. The molecule has 214 valence electrons. The fourth-order valence-electron chi connectivity index (χ4n) is 6.16. The van der Waals surface area contributed by atoms with Crippen molar-refractivity contribution in [2.75, 3.05) is 25.5 Å². The van der Waals surface area contributed by atoms with Gasteiger partial charge in [0.05, 0.1) is 6.67 Å². The molecule has 0 unspecified atom stereocenters. The number of benzene rings is 1. The fourth-order valence-corrected chi connectivity index (χ4v) is 7.16. The Balaban J connectivity index is 1.24. The zero-order valence-electron chi connectivity index (χ0n) is 23.4. The minimum absolute atomic E-state index is 0.0654. The Morgan fingerprint density at radius 2 is 1.79 bits per heavy atom. The van der Waals surface area contributed by atoms with Crippen LogP contribution in [-0.4, -0.2) is 58.9 Å². The van der Waals surface area contributed by atoms with Gasteiger partial charge in [-0.1, -0.05) is 11.9 Å². The molecule has 2 fully saturated rings. The Bertz CT molecular complexity index is 1070. The standard InChI is InChI=1S/C29H42FN5O3S/c1-19-17-24(27(37)34-33-21(3)36)18-20(2)25(19)10-16-39-35-14-11-29(12-15-35)28(38)31-26(32-29)23-8-6-22(7-9-23)5-4-13-30/h17-18,22-23H,4-16H2,1-3H3,(H,33,36)(H,34,37)(H,31,32,38). The van der Waals surface area contributed by atoms with E-state index in [-0.39, 0.29) is 24.4 Å². The number of aliphatic imine (C=N–C) groups is 1. The molecule has 1 spiro atoms. The zero-order valence-corrected chi connectivity index (χ0v) is 24.2. The van der Waals surface area contributed by atoms with Crippen molar-refractivity contribution >= 4 is 35.5 Å². The first-order valence-corrected chi connectivity index (χ1v) is 15.2. The van der Waals surface area contributed by atoms with Gasteiger partial charge in [0, 0.05) is 37.2 Å². The summed E-state index contributed by atoms with van der Waals surface area (Å²) in [6.45, 7) is 6.79. The third kappa shape index (κ3) is 7.39.